The van der Waals surface area contributed by atoms with E-state index in [-0.39, 0.29) is 16.9 Å². The maximum atomic E-state index is 13.9. The second-order valence-electron chi connectivity index (χ2n) is 4.72. The van der Waals surface area contributed by atoms with Crippen molar-refractivity contribution in [3.63, 3.8) is 0 Å². The van der Waals surface area contributed by atoms with Crippen LogP contribution < -0.4 is 5.32 Å². The first-order valence-corrected chi connectivity index (χ1v) is 7.80. The van der Waals surface area contributed by atoms with Gasteiger partial charge in [0.2, 0.25) is 0 Å². The Morgan fingerprint density at radius 2 is 1.86 bits per heavy atom. The zero-order valence-corrected chi connectivity index (χ0v) is 13.8. The first kappa shape index (κ1) is 16.4. The van der Waals surface area contributed by atoms with Crippen LogP contribution in [0, 0.1) is 11.6 Å². The van der Waals surface area contributed by atoms with E-state index in [4.69, 9.17) is 11.6 Å². The molecule has 2 aromatic carbocycles. The van der Waals surface area contributed by atoms with Gasteiger partial charge in [-0.1, -0.05) is 40.5 Å². The van der Waals surface area contributed by atoms with Crippen molar-refractivity contribution in [3.05, 3.63) is 68.7 Å². The highest BCUT2D eigenvalue weighted by molar-refractivity contribution is 9.10. The summed E-state index contributed by atoms with van der Waals surface area (Å²) in [4.78, 5) is 0. The highest BCUT2D eigenvalue weighted by atomic mass is 79.9. The van der Waals surface area contributed by atoms with Crippen LogP contribution in [-0.2, 0) is 6.42 Å². The van der Waals surface area contributed by atoms with Gasteiger partial charge in [-0.15, -0.1) is 0 Å². The molecule has 0 amide bonds. The van der Waals surface area contributed by atoms with E-state index in [0.717, 1.165) is 16.6 Å². The summed E-state index contributed by atoms with van der Waals surface area (Å²) in [5.41, 5.74) is 1.43. The first-order valence-electron chi connectivity index (χ1n) is 6.63. The van der Waals surface area contributed by atoms with Crippen LogP contribution in [0.2, 0.25) is 5.02 Å². The Kier molecular flexibility index (Phi) is 5.73. The summed E-state index contributed by atoms with van der Waals surface area (Å²) in [5.74, 6) is -0.710. The summed E-state index contributed by atoms with van der Waals surface area (Å²) >= 11 is 9.18. The van der Waals surface area contributed by atoms with Crippen molar-refractivity contribution in [3.8, 4) is 0 Å². The minimum absolute atomic E-state index is 0.0742. The van der Waals surface area contributed by atoms with E-state index in [1.807, 2.05) is 6.92 Å². The summed E-state index contributed by atoms with van der Waals surface area (Å²) in [7, 11) is 0. The lowest BCUT2D eigenvalue weighted by molar-refractivity contribution is 0.526. The summed E-state index contributed by atoms with van der Waals surface area (Å²) in [6.07, 6.45) is 0.459. The van der Waals surface area contributed by atoms with Gasteiger partial charge in [0.25, 0.3) is 0 Å². The molecule has 0 saturated carbocycles. The van der Waals surface area contributed by atoms with E-state index >= 15 is 0 Å². The second kappa shape index (κ2) is 7.34. The van der Waals surface area contributed by atoms with Gasteiger partial charge in [-0.25, -0.2) is 8.78 Å². The molecule has 0 heterocycles. The number of hydrogen-bond donors (Lipinski definition) is 1. The molecule has 0 aliphatic heterocycles. The smallest absolute Gasteiger partial charge is 0.141 e. The molecule has 2 rings (SSSR count). The molecule has 0 aliphatic carbocycles. The van der Waals surface area contributed by atoms with E-state index in [0.29, 0.717) is 12.0 Å². The molecule has 0 bridgehead atoms. The Morgan fingerprint density at radius 3 is 2.52 bits per heavy atom. The second-order valence-corrected chi connectivity index (χ2v) is 6.05. The number of benzene rings is 2. The molecule has 1 N–H and O–H groups in total. The monoisotopic (exact) mass is 373 g/mol. The van der Waals surface area contributed by atoms with Gasteiger partial charge in [0.05, 0.1) is 5.02 Å². The van der Waals surface area contributed by atoms with E-state index in [1.165, 1.54) is 12.1 Å². The van der Waals surface area contributed by atoms with Crippen LogP contribution in [0.15, 0.2) is 40.9 Å². The lowest BCUT2D eigenvalue weighted by Gasteiger charge is -2.19. The van der Waals surface area contributed by atoms with Crippen molar-refractivity contribution in [2.75, 3.05) is 6.54 Å². The minimum Gasteiger partial charge on any atom is -0.310 e. The Morgan fingerprint density at radius 1 is 1.14 bits per heavy atom. The Bertz CT molecular complexity index is 634. The number of hydrogen-bond acceptors (Lipinski definition) is 1. The third-order valence-electron chi connectivity index (χ3n) is 3.23. The van der Waals surface area contributed by atoms with Gasteiger partial charge >= 0.3 is 0 Å². The summed E-state index contributed by atoms with van der Waals surface area (Å²) < 4.78 is 28.0. The van der Waals surface area contributed by atoms with E-state index in [2.05, 4.69) is 21.2 Å². The third-order valence-corrected chi connectivity index (χ3v) is 4.01. The van der Waals surface area contributed by atoms with Crippen LogP contribution in [0.1, 0.15) is 24.1 Å². The molecule has 5 heteroatoms. The average Bonchev–Trinajstić information content (AvgIpc) is 2.45. The molecule has 1 nitrogen and oxygen atoms in total. The van der Waals surface area contributed by atoms with E-state index in [1.54, 1.807) is 24.3 Å². The summed E-state index contributed by atoms with van der Waals surface area (Å²) in [5, 5.41) is 3.35. The molecule has 21 heavy (non-hydrogen) atoms. The van der Waals surface area contributed by atoms with Gasteiger partial charge in [0.15, 0.2) is 0 Å². The predicted molar refractivity (Wildman–Crippen MR) is 85.6 cm³/mol. The molecule has 1 atom stereocenters. The molecule has 0 aromatic heterocycles. The van der Waals surface area contributed by atoms with Crippen LogP contribution in [0.4, 0.5) is 8.78 Å². The quantitative estimate of drug-likeness (QED) is 0.751. The normalized spacial score (nSPS) is 12.4. The van der Waals surface area contributed by atoms with Gasteiger partial charge in [0.1, 0.15) is 11.6 Å². The third kappa shape index (κ3) is 4.25. The topological polar surface area (TPSA) is 12.0 Å². The average molecular weight is 375 g/mol. The van der Waals surface area contributed by atoms with Crippen LogP contribution in [-0.4, -0.2) is 6.54 Å². The number of rotatable bonds is 5. The lowest BCUT2D eigenvalue weighted by atomic mass is 9.98. The Labute approximate surface area is 136 Å². The van der Waals surface area contributed by atoms with Crippen molar-refractivity contribution in [1.82, 2.24) is 5.32 Å². The van der Waals surface area contributed by atoms with Gasteiger partial charge in [-0.05, 0) is 54.4 Å². The molecule has 112 valence electrons. The van der Waals surface area contributed by atoms with E-state index < -0.39 is 5.82 Å². The van der Waals surface area contributed by atoms with Gasteiger partial charge in [-0.2, -0.15) is 0 Å². The summed E-state index contributed by atoms with van der Waals surface area (Å²) in [6.45, 7) is 2.69. The zero-order valence-electron chi connectivity index (χ0n) is 11.5. The van der Waals surface area contributed by atoms with Crippen LogP contribution in [0.25, 0.3) is 0 Å². The van der Waals surface area contributed by atoms with Crippen molar-refractivity contribution in [2.24, 2.45) is 0 Å². The van der Waals surface area contributed by atoms with Crippen molar-refractivity contribution in [2.45, 2.75) is 19.4 Å². The molecule has 0 fully saturated rings. The molecule has 0 spiro atoms. The largest absolute Gasteiger partial charge is 0.310 e. The first-order chi connectivity index (χ1) is 10.0. The fraction of sp³-hybridized carbons (Fsp3) is 0.250. The maximum Gasteiger partial charge on any atom is 0.141 e. The number of likely N-dealkylation sites (N-methyl/N-ethyl adjacent to an activating group) is 1. The van der Waals surface area contributed by atoms with Crippen molar-refractivity contribution >= 4 is 27.5 Å². The van der Waals surface area contributed by atoms with Crippen LogP contribution >= 0.6 is 27.5 Å². The van der Waals surface area contributed by atoms with Crippen molar-refractivity contribution in [1.29, 1.82) is 0 Å². The molecule has 0 radical (unpaired) electrons. The highest BCUT2D eigenvalue weighted by Gasteiger charge is 2.15. The van der Waals surface area contributed by atoms with Gasteiger partial charge in [0, 0.05) is 10.5 Å². The lowest BCUT2D eigenvalue weighted by Crippen LogP contribution is -2.23. The molecule has 0 saturated heterocycles. The molecular weight excluding hydrogens is 360 g/mol. The Hall–Kier alpha value is -0.970. The minimum atomic E-state index is -0.454. The highest BCUT2D eigenvalue weighted by Crippen LogP contribution is 2.26. The standard InChI is InChI=1S/C16H15BrClF2N/c1-2-21-16(10-3-5-15(20)13(18)8-10)9-11-7-12(17)4-6-14(11)19/h3-8,16,21H,2,9H2,1H3. The molecular formula is C16H15BrClF2N. The zero-order chi connectivity index (χ0) is 15.4. The molecule has 1 unspecified atom stereocenters. The molecule has 0 aliphatic rings. The van der Waals surface area contributed by atoms with Gasteiger partial charge < -0.3 is 5.32 Å². The SMILES string of the molecule is CCNC(Cc1cc(Br)ccc1F)c1ccc(F)c(Cl)c1. The van der Waals surface area contributed by atoms with Crippen molar-refractivity contribution < 1.29 is 8.78 Å². The number of halogens is 4. The Balaban J connectivity index is 2.30. The van der Waals surface area contributed by atoms with Gasteiger partial charge in [-0.3, -0.25) is 0 Å². The van der Waals surface area contributed by atoms with Crippen LogP contribution in [0.5, 0.6) is 0 Å². The molecule has 2 aromatic rings. The fourth-order valence-corrected chi connectivity index (χ4v) is 2.80. The number of nitrogens with one attached hydrogen (secondary N) is 1. The maximum absolute atomic E-state index is 13.9. The van der Waals surface area contributed by atoms with E-state index in [9.17, 15) is 8.78 Å². The fourth-order valence-electron chi connectivity index (χ4n) is 2.20. The predicted octanol–water partition coefficient (Wildman–Crippen LogP) is 5.27. The van der Waals surface area contributed by atoms with Crippen LogP contribution in [0.3, 0.4) is 0 Å². The summed E-state index contributed by atoms with van der Waals surface area (Å²) in [6, 6.07) is 9.31.